The van der Waals surface area contributed by atoms with Crippen LogP contribution in [-0.2, 0) is 0 Å². The fraction of sp³-hybridized carbons (Fsp3) is 0.231. The van der Waals surface area contributed by atoms with Gasteiger partial charge in [-0.05, 0) is 43.2 Å². The van der Waals surface area contributed by atoms with E-state index in [0.29, 0.717) is 10.0 Å². The zero-order valence-corrected chi connectivity index (χ0v) is 12.5. The van der Waals surface area contributed by atoms with Gasteiger partial charge in [0.25, 0.3) is 0 Å². The number of alkyl halides is 1. The van der Waals surface area contributed by atoms with Crippen molar-refractivity contribution in [1.29, 1.82) is 0 Å². The maximum absolute atomic E-state index is 6.48. The topological polar surface area (TPSA) is 0 Å². The molecule has 0 aliphatic carbocycles. The smallest absolute Gasteiger partial charge is 0.0931 e. The van der Waals surface area contributed by atoms with Crippen LogP contribution in [0.5, 0.6) is 0 Å². The minimum atomic E-state index is -0.163. The van der Waals surface area contributed by atoms with Crippen LogP contribution >= 0.6 is 46.1 Å². The summed E-state index contributed by atoms with van der Waals surface area (Å²) in [6, 6.07) is 7.67. The molecule has 0 radical (unpaired) electrons. The molecule has 1 atom stereocenters. The lowest BCUT2D eigenvalue weighted by Gasteiger charge is -2.10. The molecule has 0 spiro atoms. The van der Waals surface area contributed by atoms with Gasteiger partial charge in [-0.3, -0.25) is 0 Å². The van der Waals surface area contributed by atoms with Crippen LogP contribution in [0.1, 0.15) is 26.3 Å². The average molecular weight is 306 g/mol. The van der Waals surface area contributed by atoms with Crippen molar-refractivity contribution in [3.8, 4) is 0 Å². The second-order valence-electron chi connectivity index (χ2n) is 3.94. The van der Waals surface area contributed by atoms with Gasteiger partial charge in [0.1, 0.15) is 0 Å². The van der Waals surface area contributed by atoms with E-state index in [9.17, 15) is 0 Å². The maximum Gasteiger partial charge on any atom is 0.0931 e. The van der Waals surface area contributed by atoms with E-state index in [-0.39, 0.29) is 5.38 Å². The van der Waals surface area contributed by atoms with Crippen LogP contribution in [0.25, 0.3) is 0 Å². The molecule has 2 aromatic rings. The highest BCUT2D eigenvalue weighted by atomic mass is 35.5. The van der Waals surface area contributed by atoms with Crippen LogP contribution in [0, 0.1) is 13.8 Å². The third-order valence-corrected chi connectivity index (χ3v) is 5.10. The molecule has 0 saturated heterocycles. The highest BCUT2D eigenvalue weighted by Gasteiger charge is 2.16. The number of benzene rings is 1. The molecular formula is C13H11Cl3S. The van der Waals surface area contributed by atoms with Crippen LogP contribution in [0.15, 0.2) is 24.3 Å². The van der Waals surface area contributed by atoms with E-state index in [2.05, 4.69) is 19.9 Å². The summed E-state index contributed by atoms with van der Waals surface area (Å²) in [6.45, 7) is 4.16. The van der Waals surface area contributed by atoms with Gasteiger partial charge in [0.05, 0.1) is 15.4 Å². The third-order valence-electron chi connectivity index (χ3n) is 2.55. The van der Waals surface area contributed by atoms with Crippen molar-refractivity contribution in [3.63, 3.8) is 0 Å². The summed E-state index contributed by atoms with van der Waals surface area (Å²) in [6.07, 6.45) is 0. The lowest BCUT2D eigenvalue weighted by molar-refractivity contribution is 1.16. The van der Waals surface area contributed by atoms with Gasteiger partial charge in [0.15, 0.2) is 0 Å². The largest absolute Gasteiger partial charge is 0.143 e. The summed E-state index contributed by atoms with van der Waals surface area (Å²) in [5.74, 6) is 0. The Morgan fingerprint density at radius 1 is 1.06 bits per heavy atom. The number of halogens is 3. The molecule has 1 aromatic carbocycles. The highest BCUT2D eigenvalue weighted by Crippen LogP contribution is 2.38. The number of aryl methyl sites for hydroxylation is 2. The van der Waals surface area contributed by atoms with Crippen LogP contribution in [0.4, 0.5) is 0 Å². The van der Waals surface area contributed by atoms with E-state index in [0.717, 1.165) is 5.56 Å². The molecule has 0 aliphatic heterocycles. The second kappa shape index (κ2) is 5.19. The molecule has 2 rings (SSSR count). The Labute approximate surface area is 120 Å². The number of hydrogen-bond donors (Lipinski definition) is 0. The fourth-order valence-electron chi connectivity index (χ4n) is 1.73. The maximum atomic E-state index is 6.48. The first kappa shape index (κ1) is 13.2. The van der Waals surface area contributed by atoms with Crippen LogP contribution < -0.4 is 0 Å². The number of thiophene rings is 1. The molecule has 1 aromatic heterocycles. The van der Waals surface area contributed by atoms with Crippen molar-refractivity contribution in [2.75, 3.05) is 0 Å². The number of rotatable bonds is 2. The summed E-state index contributed by atoms with van der Waals surface area (Å²) < 4.78 is 0. The van der Waals surface area contributed by atoms with Crippen molar-refractivity contribution in [1.82, 2.24) is 0 Å². The van der Waals surface area contributed by atoms with Gasteiger partial charge in [0.2, 0.25) is 0 Å². The monoisotopic (exact) mass is 304 g/mol. The molecule has 1 unspecified atom stereocenters. The third kappa shape index (κ3) is 2.79. The van der Waals surface area contributed by atoms with Gasteiger partial charge in [-0.2, -0.15) is 0 Å². The van der Waals surface area contributed by atoms with Gasteiger partial charge in [0, 0.05) is 9.75 Å². The molecule has 0 amide bonds. The minimum absolute atomic E-state index is 0.163. The zero-order chi connectivity index (χ0) is 12.6. The molecule has 0 N–H and O–H groups in total. The molecule has 1 heterocycles. The first-order valence-electron chi connectivity index (χ1n) is 5.15. The summed E-state index contributed by atoms with van der Waals surface area (Å²) >= 11 is 20.1. The summed E-state index contributed by atoms with van der Waals surface area (Å²) in [5.41, 5.74) is 2.20. The zero-order valence-electron chi connectivity index (χ0n) is 9.43. The lowest BCUT2D eigenvalue weighted by atomic mass is 10.1. The summed E-state index contributed by atoms with van der Waals surface area (Å²) in [4.78, 5) is 2.44. The lowest BCUT2D eigenvalue weighted by Crippen LogP contribution is -1.92. The van der Waals surface area contributed by atoms with E-state index in [1.54, 1.807) is 17.4 Å². The van der Waals surface area contributed by atoms with E-state index in [1.807, 2.05) is 12.1 Å². The van der Waals surface area contributed by atoms with Crippen molar-refractivity contribution >= 4 is 46.1 Å². The fourth-order valence-corrected chi connectivity index (χ4v) is 3.52. The van der Waals surface area contributed by atoms with Crippen molar-refractivity contribution in [2.45, 2.75) is 19.2 Å². The van der Waals surface area contributed by atoms with E-state index >= 15 is 0 Å². The predicted molar refractivity (Wildman–Crippen MR) is 78.0 cm³/mol. The Kier molecular flexibility index (Phi) is 4.04. The van der Waals surface area contributed by atoms with E-state index in [1.165, 1.54) is 15.3 Å². The highest BCUT2D eigenvalue weighted by molar-refractivity contribution is 7.12. The quantitative estimate of drug-likeness (QED) is 0.597. The van der Waals surface area contributed by atoms with Gasteiger partial charge in [-0.1, -0.05) is 29.3 Å². The first-order valence-corrected chi connectivity index (χ1v) is 7.16. The van der Waals surface area contributed by atoms with Crippen molar-refractivity contribution in [2.24, 2.45) is 0 Å². The SMILES string of the molecule is Cc1cc(C)c(C(Cl)c2ccc(Cl)c(Cl)c2)s1. The van der Waals surface area contributed by atoms with Gasteiger partial charge in [-0.25, -0.2) is 0 Å². The summed E-state index contributed by atoms with van der Waals surface area (Å²) in [7, 11) is 0. The molecule has 0 bridgehead atoms. The Hall–Kier alpha value is -0.210. The van der Waals surface area contributed by atoms with Gasteiger partial charge < -0.3 is 0 Å². The van der Waals surface area contributed by atoms with Gasteiger partial charge in [-0.15, -0.1) is 22.9 Å². The van der Waals surface area contributed by atoms with E-state index < -0.39 is 0 Å². The Bertz CT molecular complexity index is 546. The molecule has 90 valence electrons. The Morgan fingerprint density at radius 2 is 1.76 bits per heavy atom. The first-order chi connectivity index (χ1) is 7.99. The molecule has 0 saturated carbocycles. The molecule has 0 fully saturated rings. The van der Waals surface area contributed by atoms with Crippen LogP contribution in [0.3, 0.4) is 0 Å². The van der Waals surface area contributed by atoms with Gasteiger partial charge >= 0.3 is 0 Å². The van der Waals surface area contributed by atoms with Crippen molar-refractivity contribution < 1.29 is 0 Å². The number of hydrogen-bond acceptors (Lipinski definition) is 1. The van der Waals surface area contributed by atoms with E-state index in [4.69, 9.17) is 34.8 Å². The average Bonchev–Trinajstić information content (AvgIpc) is 2.61. The predicted octanol–water partition coefficient (Wildman–Crippen LogP) is 6.00. The van der Waals surface area contributed by atoms with Crippen LogP contribution in [-0.4, -0.2) is 0 Å². The molecule has 0 nitrogen and oxygen atoms in total. The second-order valence-corrected chi connectivity index (χ2v) is 6.48. The van der Waals surface area contributed by atoms with Crippen molar-refractivity contribution in [3.05, 3.63) is 55.2 Å². The normalized spacial score (nSPS) is 12.8. The summed E-state index contributed by atoms with van der Waals surface area (Å²) in [5, 5.41) is 0.933. The minimum Gasteiger partial charge on any atom is -0.143 e. The van der Waals surface area contributed by atoms with Crippen LogP contribution in [0.2, 0.25) is 10.0 Å². The Balaban J connectivity index is 2.40. The molecular weight excluding hydrogens is 295 g/mol. The Morgan fingerprint density at radius 3 is 2.29 bits per heavy atom. The molecule has 17 heavy (non-hydrogen) atoms. The molecule has 4 heteroatoms. The standard InChI is InChI=1S/C13H11Cl3S/c1-7-5-8(2)17-13(7)12(16)9-3-4-10(14)11(15)6-9/h3-6,12H,1-2H3. The molecule has 0 aliphatic rings.